The molecule has 0 saturated carbocycles. The smallest absolute Gasteiger partial charge is 0.0384 e. The summed E-state index contributed by atoms with van der Waals surface area (Å²) in [6.45, 7) is 13.2. The van der Waals surface area contributed by atoms with Crippen LogP contribution >= 0.6 is 12.0 Å². The molecule has 0 heterocycles. The molecule has 0 aliphatic heterocycles. The van der Waals surface area contributed by atoms with Crippen molar-refractivity contribution in [1.29, 1.82) is 0 Å². The van der Waals surface area contributed by atoms with Crippen molar-refractivity contribution in [3.05, 3.63) is 0 Å². The molecule has 0 saturated heterocycles. The second-order valence-corrected chi connectivity index (χ2v) is 5.72. The summed E-state index contributed by atoms with van der Waals surface area (Å²) in [6, 6.07) is 0.407. The van der Waals surface area contributed by atoms with Crippen molar-refractivity contribution in [2.45, 2.75) is 40.7 Å². The van der Waals surface area contributed by atoms with Crippen molar-refractivity contribution in [1.82, 2.24) is 4.90 Å². The Hall–Kier alpha value is 0.190. The zero-order valence-electron chi connectivity index (χ0n) is 11.0. The topological polar surface area (TPSA) is 41.9 Å². The molecule has 0 fully saturated rings. The average molecular weight is 251 g/mol. The van der Waals surface area contributed by atoms with Gasteiger partial charge in [0.25, 0.3) is 0 Å². The molecule has 0 bridgehead atoms. The van der Waals surface area contributed by atoms with Crippen LogP contribution in [-0.4, -0.2) is 35.0 Å². The molecule has 1 unspecified atom stereocenters. The highest BCUT2D eigenvalue weighted by Gasteiger charge is 2.16. The Balaban J connectivity index is 4.04. The number of hydrogen-bond acceptors (Lipinski definition) is 5. The molecule has 16 heavy (non-hydrogen) atoms. The van der Waals surface area contributed by atoms with Crippen LogP contribution in [0.5, 0.6) is 0 Å². The van der Waals surface area contributed by atoms with Crippen molar-refractivity contribution in [2.24, 2.45) is 11.8 Å². The van der Waals surface area contributed by atoms with Gasteiger partial charge in [0.15, 0.2) is 0 Å². The van der Waals surface area contributed by atoms with Crippen LogP contribution in [-0.2, 0) is 9.37 Å². The van der Waals surface area contributed by atoms with Gasteiger partial charge in [0.2, 0.25) is 0 Å². The lowest BCUT2D eigenvalue weighted by Crippen LogP contribution is -2.40. The molecule has 4 nitrogen and oxygen atoms in total. The van der Waals surface area contributed by atoms with Crippen LogP contribution in [0.2, 0.25) is 0 Å². The lowest BCUT2D eigenvalue weighted by atomic mass is 10.1. The zero-order chi connectivity index (χ0) is 12.6. The maximum atomic E-state index is 8.05. The van der Waals surface area contributed by atoms with Crippen LogP contribution in [0.1, 0.15) is 34.6 Å². The number of rotatable bonds is 9. The van der Waals surface area contributed by atoms with Gasteiger partial charge in [0.05, 0.1) is 0 Å². The van der Waals surface area contributed by atoms with Gasteiger partial charge in [-0.1, -0.05) is 32.7 Å². The third kappa shape index (κ3) is 8.35. The highest BCUT2D eigenvalue weighted by Crippen LogP contribution is 2.13. The maximum absolute atomic E-state index is 8.05. The van der Waals surface area contributed by atoms with E-state index in [0.717, 1.165) is 30.9 Å². The van der Waals surface area contributed by atoms with Crippen LogP contribution < -0.4 is 0 Å². The van der Waals surface area contributed by atoms with E-state index in [4.69, 9.17) is 5.26 Å². The molecule has 0 aromatic rings. The summed E-state index contributed by atoms with van der Waals surface area (Å²) in [6.07, 6.45) is 0. The molecule has 0 spiro atoms. The third-order valence-electron chi connectivity index (χ3n) is 2.21. The molecule has 5 heteroatoms. The van der Waals surface area contributed by atoms with E-state index in [-0.39, 0.29) is 0 Å². The second kappa shape index (κ2) is 9.24. The van der Waals surface area contributed by atoms with Crippen LogP contribution in [0.3, 0.4) is 0 Å². The summed E-state index contributed by atoms with van der Waals surface area (Å²) in [4.78, 5) is 2.45. The van der Waals surface area contributed by atoms with Gasteiger partial charge in [-0.15, -0.1) is 4.33 Å². The SMILES string of the molecule is CC(C)CN(CC(C)C)C(C)CSOOO. The first-order valence-electron chi connectivity index (χ1n) is 5.81. The Kier molecular flexibility index (Phi) is 9.35. The Morgan fingerprint density at radius 2 is 1.56 bits per heavy atom. The molecule has 0 aliphatic rings. The minimum Gasteiger partial charge on any atom is -0.299 e. The standard InChI is InChI=1S/C11H25NO3S/c1-9(2)6-12(7-10(3)4)11(5)8-16-15-14-13/h9-11,13H,6-8H2,1-5H3. The highest BCUT2D eigenvalue weighted by molar-refractivity contribution is 7.94. The summed E-state index contributed by atoms with van der Waals surface area (Å²) in [5.41, 5.74) is 0. The largest absolute Gasteiger partial charge is 0.299 e. The normalized spacial score (nSPS) is 14.1. The van der Waals surface area contributed by atoms with Crippen LogP contribution in [0.15, 0.2) is 0 Å². The number of hydrogen-bond donors (Lipinski definition) is 1. The van der Waals surface area contributed by atoms with E-state index >= 15 is 0 Å². The highest BCUT2D eigenvalue weighted by atomic mass is 32.2. The van der Waals surface area contributed by atoms with Crippen molar-refractivity contribution < 1.29 is 14.6 Å². The minimum atomic E-state index is 0.407. The number of nitrogens with zero attached hydrogens (tertiary/aromatic N) is 1. The van der Waals surface area contributed by atoms with Gasteiger partial charge in [-0.05, 0) is 18.8 Å². The van der Waals surface area contributed by atoms with Gasteiger partial charge in [0.1, 0.15) is 0 Å². The van der Waals surface area contributed by atoms with Crippen LogP contribution in [0.4, 0.5) is 0 Å². The second-order valence-electron chi connectivity index (χ2n) is 5.02. The summed E-state index contributed by atoms with van der Waals surface area (Å²) >= 11 is 1.13. The van der Waals surface area contributed by atoms with Gasteiger partial charge in [-0.25, -0.2) is 5.26 Å². The first-order chi connectivity index (χ1) is 7.47. The first kappa shape index (κ1) is 16.2. The van der Waals surface area contributed by atoms with E-state index in [1.807, 2.05) is 0 Å². The van der Waals surface area contributed by atoms with Crippen LogP contribution in [0, 0.1) is 11.8 Å². The fraction of sp³-hybridized carbons (Fsp3) is 1.00. The van der Waals surface area contributed by atoms with Crippen molar-refractivity contribution in [2.75, 3.05) is 18.8 Å². The predicted molar refractivity (Wildman–Crippen MR) is 68.0 cm³/mol. The van der Waals surface area contributed by atoms with E-state index in [9.17, 15) is 0 Å². The summed E-state index contributed by atoms with van der Waals surface area (Å²) in [5, 5.41) is 11.6. The Bertz CT molecular complexity index is 157. The molecular formula is C11H25NO3S. The molecule has 0 aromatic heterocycles. The fourth-order valence-electron chi connectivity index (χ4n) is 1.63. The molecule has 0 aliphatic carbocycles. The molecule has 0 rings (SSSR count). The lowest BCUT2D eigenvalue weighted by Gasteiger charge is -2.31. The average Bonchev–Trinajstić information content (AvgIpc) is 2.15. The zero-order valence-corrected chi connectivity index (χ0v) is 11.8. The molecule has 0 amide bonds. The van der Waals surface area contributed by atoms with E-state index < -0.39 is 0 Å². The van der Waals surface area contributed by atoms with Gasteiger partial charge in [-0.2, -0.15) is 0 Å². The molecule has 1 atom stereocenters. The summed E-state index contributed by atoms with van der Waals surface area (Å²) < 4.78 is 4.41. The van der Waals surface area contributed by atoms with Gasteiger partial charge < -0.3 is 0 Å². The van der Waals surface area contributed by atoms with Crippen molar-refractivity contribution >= 4 is 12.0 Å². The molecule has 1 N–H and O–H groups in total. The quantitative estimate of drug-likeness (QED) is 0.295. The monoisotopic (exact) mass is 251 g/mol. The maximum Gasteiger partial charge on any atom is 0.0384 e. The van der Waals surface area contributed by atoms with E-state index in [1.54, 1.807) is 0 Å². The van der Waals surface area contributed by atoms with Gasteiger partial charge in [-0.3, -0.25) is 4.90 Å². The van der Waals surface area contributed by atoms with Crippen molar-refractivity contribution in [3.8, 4) is 0 Å². The molecule has 98 valence electrons. The Morgan fingerprint density at radius 3 is 1.94 bits per heavy atom. The van der Waals surface area contributed by atoms with Crippen molar-refractivity contribution in [3.63, 3.8) is 0 Å². The van der Waals surface area contributed by atoms with E-state index in [2.05, 4.69) is 48.9 Å². The fourth-order valence-corrected chi connectivity index (χ4v) is 2.13. The predicted octanol–water partition coefficient (Wildman–Crippen LogP) is 3.06. The Labute approximate surface area is 103 Å². The van der Waals surface area contributed by atoms with E-state index in [0.29, 0.717) is 17.9 Å². The molecule has 0 radical (unpaired) electrons. The summed E-state index contributed by atoms with van der Waals surface area (Å²) in [7, 11) is 0. The third-order valence-corrected chi connectivity index (χ3v) is 2.99. The minimum absolute atomic E-state index is 0.407. The van der Waals surface area contributed by atoms with E-state index in [1.165, 1.54) is 0 Å². The molecule has 0 aromatic carbocycles. The van der Waals surface area contributed by atoms with Crippen LogP contribution in [0.25, 0.3) is 0 Å². The summed E-state index contributed by atoms with van der Waals surface area (Å²) in [5.74, 6) is 2.09. The lowest BCUT2D eigenvalue weighted by molar-refractivity contribution is -0.432. The van der Waals surface area contributed by atoms with Gasteiger partial charge >= 0.3 is 0 Å². The first-order valence-corrected chi connectivity index (χ1v) is 6.72. The Morgan fingerprint density at radius 1 is 1.06 bits per heavy atom. The molecular weight excluding hydrogens is 226 g/mol. The van der Waals surface area contributed by atoms with Gasteiger partial charge in [0, 0.05) is 36.9 Å².